The van der Waals surface area contributed by atoms with Crippen LogP contribution in [0.3, 0.4) is 0 Å². The number of carbonyl (C=O) groups is 1. The van der Waals surface area contributed by atoms with Crippen LogP contribution >= 0.6 is 0 Å². The first-order valence-electron chi connectivity index (χ1n) is 19.4. The number of fused-ring (bicyclic) bond motifs is 4. The van der Waals surface area contributed by atoms with Crippen molar-refractivity contribution in [1.82, 2.24) is 9.88 Å². The van der Waals surface area contributed by atoms with Crippen molar-refractivity contribution in [2.75, 3.05) is 19.7 Å². The number of rotatable bonds is 7. The lowest BCUT2D eigenvalue weighted by Gasteiger charge is -2.63. The predicted octanol–water partition coefficient (Wildman–Crippen LogP) is 4.43. The number of oxazole rings is 1. The van der Waals surface area contributed by atoms with Gasteiger partial charge in [-0.15, -0.1) is 0 Å². The zero-order valence-electron chi connectivity index (χ0n) is 31.2. The van der Waals surface area contributed by atoms with E-state index >= 15 is 0 Å². The number of aliphatic hydroxyl groups is 2. The predicted molar refractivity (Wildman–Crippen MR) is 183 cm³/mol. The number of ether oxygens (including phenoxy) is 4. The minimum atomic E-state index is -1.29. The highest BCUT2D eigenvalue weighted by Gasteiger charge is 2.85. The molecule has 0 radical (unpaired) electrons. The summed E-state index contributed by atoms with van der Waals surface area (Å²) in [5.74, 6) is 0.546. The molecule has 0 amide bonds. The van der Waals surface area contributed by atoms with Crippen LogP contribution in [-0.2, 0) is 30.3 Å². The molecule has 11 nitrogen and oxygen atoms in total. The molecule has 5 saturated carbocycles. The fourth-order valence-corrected chi connectivity index (χ4v) is 13.9. The lowest BCUT2D eigenvalue weighted by Crippen LogP contribution is -2.70. The first kappa shape index (κ1) is 35.4. The molecule has 1 aromatic rings. The van der Waals surface area contributed by atoms with E-state index in [0.717, 1.165) is 57.3 Å². The van der Waals surface area contributed by atoms with Gasteiger partial charge in [-0.3, -0.25) is 9.69 Å². The third-order valence-electron chi connectivity index (χ3n) is 15.9. The van der Waals surface area contributed by atoms with E-state index < -0.39 is 41.5 Å². The van der Waals surface area contributed by atoms with E-state index in [2.05, 4.69) is 37.6 Å². The maximum Gasteiger partial charge on any atom is 0.303 e. The van der Waals surface area contributed by atoms with E-state index in [0.29, 0.717) is 25.5 Å². The second kappa shape index (κ2) is 11.7. The smallest absolute Gasteiger partial charge is 0.303 e. The van der Waals surface area contributed by atoms with Crippen molar-refractivity contribution < 1.29 is 38.4 Å². The van der Waals surface area contributed by atoms with Crippen LogP contribution in [-0.4, -0.2) is 93.7 Å². The number of aromatic nitrogens is 1. The molecule has 6 unspecified atom stereocenters. The molecule has 1 aromatic heterocycles. The van der Waals surface area contributed by atoms with Gasteiger partial charge in [0.15, 0.2) is 18.8 Å². The van der Waals surface area contributed by atoms with E-state index in [9.17, 15) is 15.0 Å². The number of nitrogens with two attached hydrogens (primary N) is 1. The van der Waals surface area contributed by atoms with Gasteiger partial charge in [0.2, 0.25) is 0 Å². The van der Waals surface area contributed by atoms with E-state index in [-0.39, 0.29) is 51.8 Å². The first-order chi connectivity index (χ1) is 23.5. The van der Waals surface area contributed by atoms with Gasteiger partial charge in [-0.05, 0) is 111 Å². The highest BCUT2D eigenvalue weighted by molar-refractivity contribution is 5.66. The van der Waals surface area contributed by atoms with E-state index in [1.165, 1.54) is 19.7 Å². The van der Waals surface area contributed by atoms with Crippen molar-refractivity contribution in [3.8, 4) is 0 Å². The quantitative estimate of drug-likeness (QED) is 0.347. The molecule has 0 bridgehead atoms. The molecule has 5 aliphatic carbocycles. The maximum absolute atomic E-state index is 12.5. The summed E-state index contributed by atoms with van der Waals surface area (Å²) in [5.41, 5.74) is 6.66. The molecule has 2 spiro atoms. The summed E-state index contributed by atoms with van der Waals surface area (Å²) in [6.45, 7) is 17.0. The van der Waals surface area contributed by atoms with E-state index in [4.69, 9.17) is 29.1 Å². The molecule has 11 heteroatoms. The number of esters is 1. The monoisotopic (exact) mass is 699 g/mol. The highest BCUT2D eigenvalue weighted by atomic mass is 16.7. The van der Waals surface area contributed by atoms with Gasteiger partial charge < -0.3 is 39.3 Å². The first-order valence-corrected chi connectivity index (χ1v) is 19.4. The molecule has 2 saturated heterocycles. The number of carbonyl (C=O) groups excluding carboxylic acids is 1. The number of nitrogens with zero attached hydrogens (tertiary/aromatic N) is 2. The largest absolute Gasteiger partial charge is 0.457 e. The van der Waals surface area contributed by atoms with E-state index in [1.807, 2.05) is 0 Å². The molecule has 0 aromatic carbocycles. The van der Waals surface area contributed by atoms with Gasteiger partial charge in [0.25, 0.3) is 0 Å². The van der Waals surface area contributed by atoms with Gasteiger partial charge >= 0.3 is 5.97 Å². The Kier molecular flexibility index (Phi) is 8.29. The average Bonchev–Trinajstić information content (AvgIpc) is 3.33. The standard InChI is InChI=1S/C39H61N3O8/c1-22-16-25(33(35(5,6)45)48-23(2)43)49-31-30(22)36(7)12-13-38-20-37(38)11-10-28(34(3,4)26(37)8-9-27(38)39(36,40)32(31)44)50-29-18-42(14-15-47-29)17-24-19-46-21-41-24/h19,21-22,25-33,44-45H,8-18,20,40H2,1-7H3/t22-,25?,26+,27?,28+,29+,30+,31?,32+,33+,36?,37?,38?,39+/m1/s1. The van der Waals surface area contributed by atoms with Gasteiger partial charge in [0.05, 0.1) is 54.4 Å². The van der Waals surface area contributed by atoms with Gasteiger partial charge in [-0.2, -0.15) is 0 Å². The summed E-state index contributed by atoms with van der Waals surface area (Å²) in [6.07, 6.45) is 8.50. The molecule has 7 fully saturated rings. The molecule has 280 valence electrons. The second-order valence-corrected chi connectivity index (χ2v) is 19.0. The van der Waals surface area contributed by atoms with Gasteiger partial charge in [-0.25, -0.2) is 4.98 Å². The fourth-order valence-electron chi connectivity index (χ4n) is 13.9. The minimum absolute atomic E-state index is 0.0249. The average molecular weight is 700 g/mol. The Balaban J connectivity index is 1.01. The molecule has 14 atom stereocenters. The Bertz CT molecular complexity index is 1450. The van der Waals surface area contributed by atoms with Crippen molar-refractivity contribution in [2.24, 2.45) is 51.1 Å². The van der Waals surface area contributed by atoms with Crippen LogP contribution in [0.4, 0.5) is 0 Å². The number of hydrogen-bond acceptors (Lipinski definition) is 11. The number of morpholine rings is 1. The van der Waals surface area contributed by atoms with Crippen LogP contribution < -0.4 is 5.73 Å². The van der Waals surface area contributed by atoms with Crippen LogP contribution in [0.5, 0.6) is 0 Å². The van der Waals surface area contributed by atoms with Gasteiger partial charge in [0.1, 0.15) is 6.26 Å². The van der Waals surface area contributed by atoms with Crippen molar-refractivity contribution >= 4 is 5.97 Å². The third kappa shape index (κ3) is 4.92. The Morgan fingerprint density at radius 2 is 1.90 bits per heavy atom. The van der Waals surface area contributed by atoms with Crippen molar-refractivity contribution in [1.29, 1.82) is 0 Å². The minimum Gasteiger partial charge on any atom is -0.457 e. The summed E-state index contributed by atoms with van der Waals surface area (Å²) in [5, 5.41) is 23.5. The SMILES string of the molecule is CC(=O)O[C@@H](C1C[C@@H](C)[C@H]2C(O1)[C@H](O)[C@@]1(N)C3CC[C@H]4C(C)(C)[C@@H](O[C@H]5CN(Cc6cocn6)CCO5)CCC45CC35CCC21C)C(C)(C)O. The molecule has 50 heavy (non-hydrogen) atoms. The summed E-state index contributed by atoms with van der Waals surface area (Å²) in [7, 11) is 0. The molecule has 4 N–H and O–H groups in total. The fraction of sp³-hybridized carbons (Fsp3) is 0.897. The van der Waals surface area contributed by atoms with Gasteiger partial charge in [-0.1, -0.05) is 27.7 Å². The highest BCUT2D eigenvalue weighted by Crippen LogP contribution is 2.87. The summed E-state index contributed by atoms with van der Waals surface area (Å²) in [6, 6.07) is 0. The Morgan fingerprint density at radius 1 is 1.16 bits per heavy atom. The topological polar surface area (TPSA) is 150 Å². The second-order valence-electron chi connectivity index (χ2n) is 19.0. The normalized spacial score (nSPS) is 48.7. The summed E-state index contributed by atoms with van der Waals surface area (Å²) >= 11 is 0. The molecular formula is C39H61N3O8. The van der Waals surface area contributed by atoms with Crippen LogP contribution in [0, 0.1) is 45.3 Å². The van der Waals surface area contributed by atoms with Crippen LogP contribution in [0.25, 0.3) is 0 Å². The molecular weight excluding hydrogens is 638 g/mol. The molecule has 7 aliphatic rings. The Hall–Kier alpha value is -1.60. The van der Waals surface area contributed by atoms with Crippen molar-refractivity contribution in [3.63, 3.8) is 0 Å². The third-order valence-corrected chi connectivity index (χ3v) is 15.9. The van der Waals surface area contributed by atoms with Gasteiger partial charge in [0, 0.05) is 20.0 Å². The van der Waals surface area contributed by atoms with Crippen LogP contribution in [0.2, 0.25) is 0 Å². The van der Waals surface area contributed by atoms with Crippen LogP contribution in [0.1, 0.15) is 106 Å². The van der Waals surface area contributed by atoms with Crippen molar-refractivity contribution in [2.45, 2.75) is 154 Å². The lowest BCUT2D eigenvalue weighted by atomic mass is 9.43. The molecule has 3 heterocycles. The summed E-state index contributed by atoms with van der Waals surface area (Å²) in [4.78, 5) is 18.7. The lowest BCUT2D eigenvalue weighted by molar-refractivity contribution is -0.247. The molecule has 2 aliphatic heterocycles. The summed E-state index contributed by atoms with van der Waals surface area (Å²) < 4.78 is 30.7. The van der Waals surface area contributed by atoms with Crippen LogP contribution in [0.15, 0.2) is 17.1 Å². The Morgan fingerprint density at radius 3 is 2.60 bits per heavy atom. The number of aliphatic hydroxyl groups excluding tert-OH is 1. The van der Waals surface area contributed by atoms with Crippen molar-refractivity contribution in [3.05, 3.63) is 18.4 Å². The molecule has 8 rings (SSSR count). The van der Waals surface area contributed by atoms with E-state index in [1.54, 1.807) is 20.1 Å². The maximum atomic E-state index is 12.5. The zero-order chi connectivity index (χ0) is 35.6. The number of hydrogen-bond donors (Lipinski definition) is 3. The zero-order valence-corrected chi connectivity index (χ0v) is 31.2. The Labute approximate surface area is 297 Å².